The Morgan fingerprint density at radius 1 is 1.29 bits per heavy atom. The van der Waals surface area contributed by atoms with Gasteiger partial charge in [0.15, 0.2) is 0 Å². The summed E-state index contributed by atoms with van der Waals surface area (Å²) in [5, 5.41) is 14.2. The van der Waals surface area contributed by atoms with Crippen LogP contribution in [-0.2, 0) is 13.5 Å². The van der Waals surface area contributed by atoms with Crippen LogP contribution in [-0.4, -0.2) is 37.7 Å². The summed E-state index contributed by atoms with van der Waals surface area (Å²) < 4.78 is 1.93. The van der Waals surface area contributed by atoms with E-state index in [1.54, 1.807) is 0 Å². The number of aliphatic hydroxyl groups excluding tert-OH is 1. The first kappa shape index (κ1) is 18.6. The van der Waals surface area contributed by atoms with Crippen LogP contribution in [0.2, 0.25) is 0 Å². The number of pyridine rings is 2. The maximum Gasteiger partial charge on any atom is 0.270 e. The number of aromatic nitrogens is 3. The molecule has 28 heavy (non-hydrogen) atoms. The monoisotopic (exact) mass is 378 g/mol. The van der Waals surface area contributed by atoms with Crippen LogP contribution in [0.3, 0.4) is 0 Å². The second-order valence-electron chi connectivity index (χ2n) is 7.75. The number of fused-ring (bicyclic) bond motifs is 1. The number of carbonyl (C=O) groups is 1. The van der Waals surface area contributed by atoms with Gasteiger partial charge in [-0.15, -0.1) is 0 Å². The molecule has 1 fully saturated rings. The van der Waals surface area contributed by atoms with Crippen molar-refractivity contribution < 1.29 is 9.90 Å². The lowest BCUT2D eigenvalue weighted by Crippen LogP contribution is -2.45. The van der Waals surface area contributed by atoms with Gasteiger partial charge in [-0.25, -0.2) is 4.98 Å². The van der Waals surface area contributed by atoms with E-state index in [0.29, 0.717) is 12.1 Å². The van der Waals surface area contributed by atoms with Crippen molar-refractivity contribution in [3.05, 3.63) is 59.2 Å². The first-order chi connectivity index (χ1) is 13.5. The van der Waals surface area contributed by atoms with E-state index in [1.807, 2.05) is 49.1 Å². The minimum Gasteiger partial charge on any atom is -0.391 e. The van der Waals surface area contributed by atoms with Crippen LogP contribution in [0.1, 0.15) is 53.0 Å². The van der Waals surface area contributed by atoms with Crippen molar-refractivity contribution in [2.45, 2.75) is 51.2 Å². The van der Waals surface area contributed by atoms with Crippen LogP contribution in [0.25, 0.3) is 11.0 Å². The molecule has 2 atom stereocenters. The molecular formula is C22H26N4O2. The summed E-state index contributed by atoms with van der Waals surface area (Å²) in [6, 6.07) is 7.77. The van der Waals surface area contributed by atoms with Gasteiger partial charge in [0.25, 0.3) is 5.91 Å². The van der Waals surface area contributed by atoms with E-state index in [1.165, 1.54) is 0 Å². The molecule has 2 N–H and O–H groups in total. The predicted octanol–water partition coefficient (Wildman–Crippen LogP) is 2.90. The molecule has 6 nitrogen and oxygen atoms in total. The molecule has 3 aromatic rings. The van der Waals surface area contributed by atoms with Crippen molar-refractivity contribution in [3.8, 4) is 0 Å². The van der Waals surface area contributed by atoms with Gasteiger partial charge in [-0.1, -0.05) is 18.9 Å². The average Bonchev–Trinajstić information content (AvgIpc) is 3.07. The minimum absolute atomic E-state index is 0.197. The highest BCUT2D eigenvalue weighted by molar-refractivity contribution is 5.95. The number of carbonyl (C=O) groups excluding carboxylic acids is 1. The highest BCUT2D eigenvalue weighted by Gasteiger charge is 2.25. The lowest BCUT2D eigenvalue weighted by molar-refractivity contribution is 0.0714. The van der Waals surface area contributed by atoms with Gasteiger partial charge in [0.2, 0.25) is 0 Å². The molecular weight excluding hydrogens is 352 g/mol. The average molecular weight is 378 g/mol. The first-order valence-corrected chi connectivity index (χ1v) is 9.86. The van der Waals surface area contributed by atoms with Crippen LogP contribution in [0.4, 0.5) is 0 Å². The summed E-state index contributed by atoms with van der Waals surface area (Å²) in [5.74, 6) is -0.225. The molecule has 3 heterocycles. The van der Waals surface area contributed by atoms with E-state index in [4.69, 9.17) is 0 Å². The van der Waals surface area contributed by atoms with Crippen molar-refractivity contribution in [2.24, 2.45) is 7.05 Å². The molecule has 3 aromatic heterocycles. The summed E-state index contributed by atoms with van der Waals surface area (Å²) in [6.45, 7) is 1.97. The van der Waals surface area contributed by atoms with E-state index >= 15 is 0 Å². The lowest BCUT2D eigenvalue weighted by atomic mass is 9.92. The molecule has 0 bridgehead atoms. The number of aliphatic hydroxyl groups is 1. The number of hydrogen-bond donors (Lipinski definition) is 2. The predicted molar refractivity (Wildman–Crippen MR) is 108 cm³/mol. The van der Waals surface area contributed by atoms with E-state index in [-0.39, 0.29) is 11.9 Å². The van der Waals surface area contributed by atoms with Crippen LogP contribution in [0, 0.1) is 6.92 Å². The third kappa shape index (κ3) is 3.78. The van der Waals surface area contributed by atoms with Gasteiger partial charge in [0.1, 0.15) is 11.3 Å². The fraction of sp³-hybridized carbons (Fsp3) is 0.409. The maximum absolute atomic E-state index is 12.9. The topological polar surface area (TPSA) is 80.0 Å². The van der Waals surface area contributed by atoms with Crippen molar-refractivity contribution in [3.63, 3.8) is 0 Å². The van der Waals surface area contributed by atoms with Crippen LogP contribution < -0.4 is 5.32 Å². The number of rotatable bonds is 4. The van der Waals surface area contributed by atoms with Gasteiger partial charge >= 0.3 is 0 Å². The molecule has 1 amide bonds. The molecule has 0 aliphatic heterocycles. The summed E-state index contributed by atoms with van der Waals surface area (Å²) >= 11 is 0. The van der Waals surface area contributed by atoms with Gasteiger partial charge in [-0.2, -0.15) is 0 Å². The van der Waals surface area contributed by atoms with Crippen molar-refractivity contribution in [1.29, 1.82) is 0 Å². The van der Waals surface area contributed by atoms with Gasteiger partial charge < -0.3 is 15.0 Å². The smallest absolute Gasteiger partial charge is 0.270 e. The Kier molecular flexibility index (Phi) is 5.13. The standard InChI is InChI=1S/C22H26N4O2/c1-14-7-8-15(13-23-14)11-16-12-19(24-21-17(16)9-10-26(21)2)22(28)25-18-5-3-4-6-20(18)27/h7-10,12-13,18,20,27H,3-6,11H2,1-2H3,(H,25,28)/t18-,20-/m0/s1. The number of aryl methyl sites for hydroxylation is 2. The van der Waals surface area contributed by atoms with Gasteiger partial charge in [0.05, 0.1) is 12.1 Å². The number of hydrogen-bond acceptors (Lipinski definition) is 4. The SMILES string of the molecule is Cc1ccc(Cc2cc(C(=O)N[C@H]3CCCC[C@@H]3O)nc3c2ccn3C)cn1. The second kappa shape index (κ2) is 7.72. The highest BCUT2D eigenvalue weighted by Crippen LogP contribution is 2.23. The van der Waals surface area contributed by atoms with Crippen molar-refractivity contribution in [2.75, 3.05) is 0 Å². The molecule has 0 radical (unpaired) electrons. The highest BCUT2D eigenvalue weighted by atomic mass is 16.3. The van der Waals surface area contributed by atoms with Gasteiger partial charge in [-0.05, 0) is 55.5 Å². The summed E-state index contributed by atoms with van der Waals surface area (Å²) in [4.78, 5) is 21.8. The Hall–Kier alpha value is -2.73. The Bertz CT molecular complexity index is 994. The van der Waals surface area contributed by atoms with Gasteiger partial charge in [-0.3, -0.25) is 9.78 Å². The molecule has 1 aliphatic rings. The van der Waals surface area contributed by atoms with Gasteiger partial charge in [0, 0.05) is 30.5 Å². The maximum atomic E-state index is 12.9. The molecule has 4 rings (SSSR count). The normalized spacial score (nSPS) is 19.7. The van der Waals surface area contributed by atoms with E-state index in [2.05, 4.69) is 21.4 Å². The molecule has 0 unspecified atom stereocenters. The zero-order valence-electron chi connectivity index (χ0n) is 16.4. The second-order valence-corrected chi connectivity index (χ2v) is 7.75. The third-order valence-corrected chi connectivity index (χ3v) is 5.57. The number of nitrogens with one attached hydrogen (secondary N) is 1. The van der Waals surface area contributed by atoms with Crippen LogP contribution in [0.15, 0.2) is 36.7 Å². The Balaban J connectivity index is 1.65. The Labute approximate surface area is 164 Å². The molecule has 1 saturated carbocycles. The summed E-state index contributed by atoms with van der Waals surface area (Å²) in [5.41, 5.74) is 4.30. The molecule has 1 aliphatic carbocycles. The van der Waals surface area contributed by atoms with Crippen LogP contribution >= 0.6 is 0 Å². The molecule has 6 heteroatoms. The fourth-order valence-electron chi connectivity index (χ4n) is 3.91. The minimum atomic E-state index is -0.477. The van der Waals surface area contributed by atoms with Crippen molar-refractivity contribution in [1.82, 2.24) is 19.9 Å². The fourth-order valence-corrected chi connectivity index (χ4v) is 3.91. The van der Waals surface area contributed by atoms with E-state index in [9.17, 15) is 9.90 Å². The molecule has 0 aromatic carbocycles. The Morgan fingerprint density at radius 2 is 2.11 bits per heavy atom. The van der Waals surface area contributed by atoms with E-state index < -0.39 is 6.10 Å². The van der Waals surface area contributed by atoms with E-state index in [0.717, 1.165) is 53.5 Å². The Morgan fingerprint density at radius 3 is 2.86 bits per heavy atom. The molecule has 0 saturated heterocycles. The quantitative estimate of drug-likeness (QED) is 0.732. The molecule has 0 spiro atoms. The zero-order valence-corrected chi connectivity index (χ0v) is 16.4. The first-order valence-electron chi connectivity index (χ1n) is 9.86. The lowest BCUT2D eigenvalue weighted by Gasteiger charge is -2.28. The summed E-state index contributed by atoms with van der Waals surface area (Å²) in [7, 11) is 1.93. The third-order valence-electron chi connectivity index (χ3n) is 5.57. The summed E-state index contributed by atoms with van der Waals surface area (Å²) in [6.07, 6.45) is 7.62. The number of amides is 1. The molecule has 146 valence electrons. The number of nitrogens with zero attached hydrogens (tertiary/aromatic N) is 3. The zero-order chi connectivity index (χ0) is 19.7. The van der Waals surface area contributed by atoms with Crippen LogP contribution in [0.5, 0.6) is 0 Å². The van der Waals surface area contributed by atoms with Crippen molar-refractivity contribution >= 4 is 16.9 Å². The largest absolute Gasteiger partial charge is 0.391 e.